The molecule has 3 nitrogen and oxygen atoms in total. The lowest BCUT2D eigenvalue weighted by atomic mass is 10.0. The average Bonchev–Trinajstić information content (AvgIpc) is 2.37. The highest BCUT2D eigenvalue weighted by molar-refractivity contribution is 9.10. The van der Waals surface area contributed by atoms with Crippen LogP contribution >= 0.6 is 15.9 Å². The summed E-state index contributed by atoms with van der Waals surface area (Å²) in [6.07, 6.45) is 2.26. The largest absolute Gasteiger partial charge is 0.325 e. The smallest absolute Gasteiger partial charge is 0.241 e. The Hall–Kier alpha value is -1.34. The minimum absolute atomic E-state index is 0.212. The van der Waals surface area contributed by atoms with Crippen LogP contribution in [0.5, 0.6) is 0 Å². The van der Waals surface area contributed by atoms with Crippen molar-refractivity contribution in [2.24, 2.45) is 5.92 Å². The first-order valence-corrected chi connectivity index (χ1v) is 6.90. The Morgan fingerprint density at radius 1 is 1.50 bits per heavy atom. The summed E-state index contributed by atoms with van der Waals surface area (Å²) in [5, 5.41) is 11.8. The molecule has 0 heterocycles. The number of anilines is 1. The summed E-state index contributed by atoms with van der Waals surface area (Å²) in [7, 11) is 0. The van der Waals surface area contributed by atoms with Crippen molar-refractivity contribution in [1.82, 2.24) is 0 Å². The summed E-state index contributed by atoms with van der Waals surface area (Å²) in [4.78, 5) is 11.9. The van der Waals surface area contributed by atoms with Crippen molar-refractivity contribution in [3.8, 4) is 6.07 Å². The lowest BCUT2D eigenvalue weighted by Gasteiger charge is -2.12. The molecule has 1 atom stereocenters. The summed E-state index contributed by atoms with van der Waals surface area (Å²) in [5.41, 5.74) is 1.85. The number of aryl methyl sites for hydroxylation is 1. The first-order chi connectivity index (χ1) is 8.62. The molecular weight excluding hydrogens is 292 g/mol. The van der Waals surface area contributed by atoms with Crippen LogP contribution in [-0.2, 0) is 11.2 Å². The molecule has 1 amide bonds. The SMILES string of the molecule is CCCC(C#N)C(=O)Nc1ccc(Br)cc1CC. The Kier molecular flexibility index (Phi) is 5.87. The van der Waals surface area contributed by atoms with Gasteiger partial charge in [0, 0.05) is 10.2 Å². The maximum atomic E-state index is 11.9. The fraction of sp³-hybridized carbons (Fsp3) is 0.429. The van der Waals surface area contributed by atoms with Crippen LogP contribution in [0.3, 0.4) is 0 Å². The van der Waals surface area contributed by atoms with Crippen LogP contribution in [0.4, 0.5) is 5.69 Å². The summed E-state index contributed by atoms with van der Waals surface area (Å²) >= 11 is 3.41. The lowest BCUT2D eigenvalue weighted by molar-refractivity contribution is -0.118. The van der Waals surface area contributed by atoms with Gasteiger partial charge in [0.05, 0.1) is 6.07 Å². The summed E-state index contributed by atoms with van der Waals surface area (Å²) in [6.45, 7) is 4.00. The van der Waals surface area contributed by atoms with Crippen molar-refractivity contribution >= 4 is 27.5 Å². The van der Waals surface area contributed by atoms with Crippen molar-refractivity contribution in [3.63, 3.8) is 0 Å². The van der Waals surface area contributed by atoms with Crippen LogP contribution in [0.1, 0.15) is 32.3 Å². The number of nitrogens with zero attached hydrogens (tertiary/aromatic N) is 1. The molecule has 1 unspecified atom stereocenters. The number of rotatable bonds is 5. The van der Waals surface area contributed by atoms with Gasteiger partial charge < -0.3 is 5.32 Å². The number of carbonyl (C=O) groups excluding carboxylic acids is 1. The fourth-order valence-electron chi connectivity index (χ4n) is 1.74. The number of carbonyl (C=O) groups is 1. The predicted molar refractivity (Wildman–Crippen MR) is 76.2 cm³/mol. The van der Waals surface area contributed by atoms with E-state index in [0.717, 1.165) is 28.6 Å². The third kappa shape index (κ3) is 3.85. The highest BCUT2D eigenvalue weighted by Crippen LogP contribution is 2.22. The van der Waals surface area contributed by atoms with Gasteiger partial charge in [0.25, 0.3) is 0 Å². The number of nitrogens with one attached hydrogen (secondary N) is 1. The number of nitriles is 1. The summed E-state index contributed by atoms with van der Waals surface area (Å²) < 4.78 is 0.989. The van der Waals surface area contributed by atoms with Gasteiger partial charge in [0.1, 0.15) is 5.92 Å². The molecule has 0 saturated heterocycles. The van der Waals surface area contributed by atoms with Crippen LogP contribution in [0.25, 0.3) is 0 Å². The Bertz CT molecular complexity index is 465. The molecule has 18 heavy (non-hydrogen) atoms. The van der Waals surface area contributed by atoms with E-state index in [1.807, 2.05) is 32.0 Å². The van der Waals surface area contributed by atoms with Gasteiger partial charge in [0.15, 0.2) is 0 Å². The van der Waals surface area contributed by atoms with Crippen LogP contribution < -0.4 is 5.32 Å². The molecule has 1 N–H and O–H groups in total. The van der Waals surface area contributed by atoms with E-state index in [0.29, 0.717) is 6.42 Å². The van der Waals surface area contributed by atoms with Crippen molar-refractivity contribution in [2.45, 2.75) is 33.1 Å². The van der Waals surface area contributed by atoms with Crippen molar-refractivity contribution < 1.29 is 4.79 Å². The molecule has 0 bridgehead atoms. The number of halogens is 1. The third-order valence-corrected chi connectivity index (χ3v) is 3.25. The quantitative estimate of drug-likeness (QED) is 0.897. The number of hydrogen-bond acceptors (Lipinski definition) is 2. The molecule has 0 aliphatic heterocycles. The zero-order valence-corrected chi connectivity index (χ0v) is 12.3. The normalized spacial score (nSPS) is 11.7. The highest BCUT2D eigenvalue weighted by Gasteiger charge is 2.17. The van der Waals surface area contributed by atoms with Crippen molar-refractivity contribution in [3.05, 3.63) is 28.2 Å². The topological polar surface area (TPSA) is 52.9 Å². The van der Waals surface area contributed by atoms with Gasteiger partial charge in [-0.05, 0) is 36.6 Å². The molecular formula is C14H17BrN2O. The third-order valence-electron chi connectivity index (χ3n) is 2.76. The van der Waals surface area contributed by atoms with Crippen LogP contribution in [0.15, 0.2) is 22.7 Å². The van der Waals surface area contributed by atoms with Crippen LogP contribution in [0, 0.1) is 17.2 Å². The van der Waals surface area contributed by atoms with Crippen LogP contribution in [0.2, 0.25) is 0 Å². The Balaban J connectivity index is 2.84. The molecule has 96 valence electrons. The monoisotopic (exact) mass is 308 g/mol. The second-order valence-electron chi connectivity index (χ2n) is 4.11. The second kappa shape index (κ2) is 7.17. The fourth-order valence-corrected chi connectivity index (χ4v) is 2.15. The van der Waals surface area contributed by atoms with Gasteiger partial charge in [-0.3, -0.25) is 4.79 Å². The molecule has 0 spiro atoms. The Morgan fingerprint density at radius 3 is 2.78 bits per heavy atom. The molecule has 1 aromatic carbocycles. The van der Waals surface area contributed by atoms with Crippen molar-refractivity contribution in [1.29, 1.82) is 5.26 Å². The molecule has 1 aromatic rings. The molecule has 4 heteroatoms. The van der Waals surface area contributed by atoms with Gasteiger partial charge in [-0.1, -0.05) is 36.2 Å². The Morgan fingerprint density at radius 2 is 2.22 bits per heavy atom. The average molecular weight is 309 g/mol. The number of amides is 1. The van der Waals surface area contributed by atoms with E-state index in [9.17, 15) is 4.79 Å². The van der Waals surface area contributed by atoms with E-state index in [-0.39, 0.29) is 5.91 Å². The first kappa shape index (κ1) is 14.7. The van der Waals surface area contributed by atoms with Gasteiger partial charge in [-0.25, -0.2) is 0 Å². The predicted octanol–water partition coefficient (Wildman–Crippen LogP) is 3.89. The van der Waals surface area contributed by atoms with Crippen LogP contribution in [-0.4, -0.2) is 5.91 Å². The van der Waals surface area contributed by atoms with E-state index < -0.39 is 5.92 Å². The van der Waals surface area contributed by atoms with Gasteiger partial charge in [-0.2, -0.15) is 5.26 Å². The molecule has 1 rings (SSSR count). The maximum Gasteiger partial charge on any atom is 0.241 e. The number of hydrogen-bond donors (Lipinski definition) is 1. The van der Waals surface area contributed by atoms with E-state index in [1.165, 1.54) is 0 Å². The van der Waals surface area contributed by atoms with Crippen molar-refractivity contribution in [2.75, 3.05) is 5.32 Å². The zero-order chi connectivity index (χ0) is 13.5. The zero-order valence-electron chi connectivity index (χ0n) is 10.7. The van der Waals surface area contributed by atoms with E-state index in [1.54, 1.807) is 0 Å². The summed E-state index contributed by atoms with van der Waals surface area (Å²) in [6, 6.07) is 7.78. The van der Waals surface area contributed by atoms with E-state index in [4.69, 9.17) is 5.26 Å². The first-order valence-electron chi connectivity index (χ1n) is 6.11. The number of benzene rings is 1. The molecule has 0 aliphatic carbocycles. The molecule has 0 aromatic heterocycles. The molecule has 0 aliphatic rings. The van der Waals surface area contributed by atoms with Gasteiger partial charge in [0.2, 0.25) is 5.91 Å². The Labute approximate surface area is 116 Å². The van der Waals surface area contributed by atoms with Gasteiger partial charge >= 0.3 is 0 Å². The maximum absolute atomic E-state index is 11.9. The van der Waals surface area contributed by atoms with E-state index in [2.05, 4.69) is 27.3 Å². The lowest BCUT2D eigenvalue weighted by Crippen LogP contribution is -2.22. The molecule has 0 saturated carbocycles. The van der Waals surface area contributed by atoms with Gasteiger partial charge in [-0.15, -0.1) is 0 Å². The standard InChI is InChI=1S/C14H17BrN2O/c1-3-5-11(9-16)14(18)17-13-7-6-12(15)8-10(13)4-2/h6-8,11H,3-5H2,1-2H3,(H,17,18). The second-order valence-corrected chi connectivity index (χ2v) is 5.03. The molecule has 0 radical (unpaired) electrons. The molecule has 0 fully saturated rings. The van der Waals surface area contributed by atoms with E-state index >= 15 is 0 Å². The summed E-state index contributed by atoms with van der Waals surface area (Å²) in [5.74, 6) is -0.778. The minimum atomic E-state index is -0.566. The minimum Gasteiger partial charge on any atom is -0.325 e. The highest BCUT2D eigenvalue weighted by atomic mass is 79.9.